The third-order valence-electron chi connectivity index (χ3n) is 6.26. The third-order valence-corrected chi connectivity index (χ3v) is 8.39. The van der Waals surface area contributed by atoms with Gasteiger partial charge in [-0.1, -0.05) is 76.6 Å². The number of halogens is 2. The van der Waals surface area contributed by atoms with Crippen molar-refractivity contribution in [2.45, 2.75) is 20.0 Å². The lowest BCUT2D eigenvalue weighted by Crippen LogP contribution is -2.31. The van der Waals surface area contributed by atoms with Crippen LogP contribution in [0, 0.1) is 0 Å². The smallest absolute Gasteiger partial charge is 0.266 e. The van der Waals surface area contributed by atoms with Crippen molar-refractivity contribution in [2.24, 2.45) is 4.99 Å². The summed E-state index contributed by atoms with van der Waals surface area (Å²) in [6.07, 6.45) is 2.63. The Morgan fingerprint density at radius 2 is 1.59 bits per heavy atom. The zero-order valence-corrected chi connectivity index (χ0v) is 26.4. The number of carbonyl (C=O) groups excluding carboxylic acids is 1. The van der Waals surface area contributed by atoms with Crippen molar-refractivity contribution in [3.8, 4) is 11.5 Å². The van der Waals surface area contributed by atoms with Gasteiger partial charge in [0.15, 0.2) is 16.7 Å². The van der Waals surface area contributed by atoms with Crippen molar-refractivity contribution in [2.75, 3.05) is 13.2 Å². The van der Waals surface area contributed by atoms with Crippen LogP contribution in [0.4, 0.5) is 5.69 Å². The second-order valence-corrected chi connectivity index (χ2v) is 12.0. The topological polar surface area (TPSA) is 51.1 Å². The second kappa shape index (κ2) is 14.0. The molecule has 0 atom stereocenters. The Hall–Kier alpha value is -3.33. The average molecular weight is 692 g/mol. The van der Waals surface area contributed by atoms with Gasteiger partial charge in [0.2, 0.25) is 0 Å². The van der Waals surface area contributed by atoms with Crippen LogP contribution in [-0.4, -0.2) is 29.1 Å². The van der Waals surface area contributed by atoms with Gasteiger partial charge in [0.25, 0.3) is 5.91 Å². The molecule has 1 saturated heterocycles. The minimum Gasteiger partial charge on any atom is -0.490 e. The van der Waals surface area contributed by atoms with Gasteiger partial charge in [0, 0.05) is 11.0 Å². The molecule has 1 aliphatic rings. The van der Waals surface area contributed by atoms with E-state index in [1.807, 2.05) is 97.9 Å². The number of benzene rings is 4. The maximum Gasteiger partial charge on any atom is 0.266 e. The first-order valence-corrected chi connectivity index (χ1v) is 15.6. The lowest BCUT2D eigenvalue weighted by molar-refractivity contribution is -0.122. The highest BCUT2D eigenvalue weighted by Crippen LogP contribution is 2.40. The maximum atomic E-state index is 13.7. The first-order chi connectivity index (χ1) is 20.0. The maximum absolute atomic E-state index is 13.7. The van der Waals surface area contributed by atoms with E-state index < -0.39 is 0 Å². The van der Waals surface area contributed by atoms with Gasteiger partial charge in [0.05, 0.1) is 21.7 Å². The molecule has 0 spiro atoms. The number of para-hydroxylation sites is 1. The largest absolute Gasteiger partial charge is 0.490 e. The predicted octanol–water partition coefficient (Wildman–Crippen LogP) is 9.04. The van der Waals surface area contributed by atoms with E-state index in [1.165, 1.54) is 17.3 Å². The fraction of sp³-hybridized carbons (Fsp3) is 0.152. The number of amides is 1. The van der Waals surface area contributed by atoms with Gasteiger partial charge in [-0.2, -0.15) is 0 Å². The summed E-state index contributed by atoms with van der Waals surface area (Å²) in [4.78, 5) is 20.9. The molecule has 1 heterocycles. The Balaban J connectivity index is 1.41. The number of nitrogens with zero attached hydrogens (tertiary/aromatic N) is 2. The third kappa shape index (κ3) is 7.70. The monoisotopic (exact) mass is 690 g/mol. The van der Waals surface area contributed by atoms with E-state index in [1.54, 1.807) is 4.90 Å². The van der Waals surface area contributed by atoms with Crippen molar-refractivity contribution in [1.29, 1.82) is 0 Å². The normalized spacial score (nSPS) is 15.1. The van der Waals surface area contributed by atoms with E-state index in [0.29, 0.717) is 41.3 Å². The van der Waals surface area contributed by atoms with Crippen LogP contribution in [0.3, 0.4) is 0 Å². The molecule has 0 aromatic heterocycles. The number of hydrogen-bond donors (Lipinski definition) is 0. The van der Waals surface area contributed by atoms with Crippen molar-refractivity contribution in [3.63, 3.8) is 0 Å². The van der Waals surface area contributed by atoms with Crippen LogP contribution >= 0.6 is 43.6 Å². The Kier molecular flexibility index (Phi) is 9.98. The van der Waals surface area contributed by atoms with E-state index in [0.717, 1.165) is 32.2 Å². The molecule has 0 unspecified atom stereocenters. The molecule has 0 radical (unpaired) electrons. The predicted molar refractivity (Wildman–Crippen MR) is 175 cm³/mol. The van der Waals surface area contributed by atoms with Gasteiger partial charge in [-0.3, -0.25) is 9.69 Å². The fourth-order valence-electron chi connectivity index (χ4n) is 4.25. The minimum atomic E-state index is -0.0646. The fourth-order valence-corrected chi connectivity index (χ4v) is 6.11. The van der Waals surface area contributed by atoms with Gasteiger partial charge >= 0.3 is 0 Å². The number of aliphatic imine (C=N–C) groups is 1. The summed E-state index contributed by atoms with van der Waals surface area (Å²) in [5.41, 5.74) is 3.85. The second-order valence-electron chi connectivity index (χ2n) is 9.21. The molecular weight excluding hydrogens is 664 g/mol. The minimum absolute atomic E-state index is 0.0646. The van der Waals surface area contributed by atoms with Gasteiger partial charge in [-0.05, 0) is 100 Å². The highest BCUT2D eigenvalue weighted by Gasteiger charge is 2.33. The molecule has 4 aromatic carbocycles. The molecular formula is C33H28Br2N2O3S. The molecule has 5 rings (SSSR count). The van der Waals surface area contributed by atoms with Crippen molar-refractivity contribution in [3.05, 3.63) is 128 Å². The molecule has 0 saturated carbocycles. The number of carbonyl (C=O) groups is 1. The Labute approximate surface area is 261 Å². The summed E-state index contributed by atoms with van der Waals surface area (Å²) in [6, 6.07) is 31.7. The first kappa shape index (κ1) is 29.2. The zero-order chi connectivity index (χ0) is 28.6. The van der Waals surface area contributed by atoms with Crippen LogP contribution in [0.1, 0.15) is 23.6 Å². The number of hydrogen-bond acceptors (Lipinski definition) is 5. The van der Waals surface area contributed by atoms with Gasteiger partial charge in [-0.25, -0.2) is 4.99 Å². The first-order valence-electron chi connectivity index (χ1n) is 13.2. The molecule has 0 N–H and O–H groups in total. The van der Waals surface area contributed by atoms with Crippen molar-refractivity contribution < 1.29 is 14.3 Å². The summed E-state index contributed by atoms with van der Waals surface area (Å²) in [7, 11) is 0. The SMILES string of the molecule is CCOc1cc(/C=C2/SC(=Nc3ccccc3)N(CCc3ccccc3)C2=O)cc(Br)c1OCc1ccc(Br)cc1. The molecule has 1 fully saturated rings. The van der Waals surface area contributed by atoms with Crippen LogP contribution in [0.5, 0.6) is 11.5 Å². The summed E-state index contributed by atoms with van der Waals surface area (Å²) >= 11 is 8.52. The molecule has 1 aliphatic heterocycles. The summed E-state index contributed by atoms with van der Waals surface area (Å²) in [5, 5.41) is 0.668. The van der Waals surface area contributed by atoms with Crippen LogP contribution in [0.2, 0.25) is 0 Å². The van der Waals surface area contributed by atoms with E-state index in [2.05, 4.69) is 44.0 Å². The molecule has 1 amide bonds. The van der Waals surface area contributed by atoms with E-state index in [4.69, 9.17) is 14.5 Å². The molecule has 41 heavy (non-hydrogen) atoms. The van der Waals surface area contributed by atoms with Crippen molar-refractivity contribution >= 4 is 66.5 Å². The highest BCUT2D eigenvalue weighted by molar-refractivity contribution is 9.10. The molecule has 208 valence electrons. The number of thioether (sulfide) groups is 1. The number of amidine groups is 1. The van der Waals surface area contributed by atoms with Gasteiger partial charge in [-0.15, -0.1) is 0 Å². The molecule has 0 bridgehead atoms. The lowest BCUT2D eigenvalue weighted by atomic mass is 10.1. The Bertz CT molecular complexity index is 1560. The summed E-state index contributed by atoms with van der Waals surface area (Å²) < 4.78 is 13.9. The molecule has 5 nitrogen and oxygen atoms in total. The van der Waals surface area contributed by atoms with Crippen LogP contribution in [0.15, 0.2) is 116 Å². The quantitative estimate of drug-likeness (QED) is 0.156. The van der Waals surface area contributed by atoms with Crippen LogP contribution in [0.25, 0.3) is 6.08 Å². The van der Waals surface area contributed by atoms with Gasteiger partial charge in [0.1, 0.15) is 6.61 Å². The number of ether oxygens (including phenoxy) is 2. The lowest BCUT2D eigenvalue weighted by Gasteiger charge is -2.16. The zero-order valence-electron chi connectivity index (χ0n) is 22.4. The van der Waals surface area contributed by atoms with Crippen LogP contribution < -0.4 is 9.47 Å². The molecule has 0 aliphatic carbocycles. The highest BCUT2D eigenvalue weighted by atomic mass is 79.9. The summed E-state index contributed by atoms with van der Waals surface area (Å²) in [6.45, 7) is 3.35. The summed E-state index contributed by atoms with van der Waals surface area (Å²) in [5.74, 6) is 1.17. The van der Waals surface area contributed by atoms with E-state index in [9.17, 15) is 4.79 Å². The Morgan fingerprint density at radius 3 is 2.29 bits per heavy atom. The number of rotatable bonds is 10. The van der Waals surface area contributed by atoms with Crippen LogP contribution in [-0.2, 0) is 17.8 Å². The van der Waals surface area contributed by atoms with Crippen molar-refractivity contribution in [1.82, 2.24) is 4.90 Å². The van der Waals surface area contributed by atoms with E-state index >= 15 is 0 Å². The molecule has 8 heteroatoms. The average Bonchev–Trinajstić information content (AvgIpc) is 3.26. The van der Waals surface area contributed by atoms with Gasteiger partial charge < -0.3 is 9.47 Å². The van der Waals surface area contributed by atoms with E-state index in [-0.39, 0.29) is 5.91 Å². The molecule has 4 aromatic rings. The Morgan fingerprint density at radius 1 is 0.878 bits per heavy atom. The standard InChI is InChI=1S/C33H28Br2N2O3S/c1-2-39-29-20-25(19-28(35)31(29)40-22-24-13-15-26(34)16-14-24)21-30-32(38)37(18-17-23-9-5-3-6-10-23)33(41-30)36-27-11-7-4-8-12-27/h3-16,19-21H,2,17-18,22H2,1H3/b30-21+,36-33?.